The highest BCUT2D eigenvalue weighted by atomic mass is 35.5. The molecule has 0 bridgehead atoms. The van der Waals surface area contributed by atoms with E-state index in [1.54, 1.807) is 24.3 Å². The lowest BCUT2D eigenvalue weighted by molar-refractivity contribution is 0.102. The van der Waals surface area contributed by atoms with Gasteiger partial charge in [-0.1, -0.05) is 29.3 Å². The molecular weight excluding hydrogens is 311 g/mol. The van der Waals surface area contributed by atoms with Gasteiger partial charge in [0.25, 0.3) is 5.91 Å². The molecule has 2 rings (SSSR count). The summed E-state index contributed by atoms with van der Waals surface area (Å²) < 4.78 is 0. The van der Waals surface area contributed by atoms with Crippen LogP contribution in [0.25, 0.3) is 0 Å². The molecule has 0 aliphatic carbocycles. The quantitative estimate of drug-likeness (QED) is 0.825. The largest absolute Gasteiger partial charge is 0.351 e. The molecule has 0 unspecified atom stereocenters. The molecule has 0 saturated heterocycles. The maximum absolute atomic E-state index is 12.0. The average Bonchev–Trinajstić information content (AvgIpc) is 2.44. The van der Waals surface area contributed by atoms with Crippen LogP contribution in [0.4, 0.5) is 11.6 Å². The smallest absolute Gasteiger partial charge is 0.258 e. The standard InChI is InChI=1S/C14H12Cl2N4O/c1-2-3-17-14-18-7-9(8-19-14)13(21)20-12-5-10(15)4-11(16)6-12/h2,4-8H,1,3H2,(H,20,21)(H,17,18,19). The number of rotatable bonds is 5. The van der Waals surface area contributed by atoms with E-state index in [1.165, 1.54) is 12.4 Å². The fourth-order valence-corrected chi connectivity index (χ4v) is 2.06. The van der Waals surface area contributed by atoms with Gasteiger partial charge in [0.2, 0.25) is 5.95 Å². The number of hydrogen-bond acceptors (Lipinski definition) is 4. The monoisotopic (exact) mass is 322 g/mol. The summed E-state index contributed by atoms with van der Waals surface area (Å²) in [6.07, 6.45) is 4.55. The number of benzene rings is 1. The van der Waals surface area contributed by atoms with Gasteiger partial charge in [0.1, 0.15) is 0 Å². The Bertz CT molecular complexity index is 638. The van der Waals surface area contributed by atoms with Crippen molar-refractivity contribution in [1.29, 1.82) is 0 Å². The normalized spacial score (nSPS) is 10.0. The van der Waals surface area contributed by atoms with Crippen molar-refractivity contribution in [3.63, 3.8) is 0 Å². The maximum atomic E-state index is 12.0. The van der Waals surface area contributed by atoms with Gasteiger partial charge in [-0.2, -0.15) is 0 Å². The second-order valence-electron chi connectivity index (χ2n) is 4.08. The zero-order valence-electron chi connectivity index (χ0n) is 10.9. The highest BCUT2D eigenvalue weighted by molar-refractivity contribution is 6.35. The van der Waals surface area contributed by atoms with Crippen molar-refractivity contribution in [2.24, 2.45) is 0 Å². The first-order valence-corrected chi connectivity index (χ1v) is 6.78. The number of nitrogens with zero attached hydrogens (tertiary/aromatic N) is 2. The van der Waals surface area contributed by atoms with Gasteiger partial charge in [-0.25, -0.2) is 9.97 Å². The molecule has 0 aliphatic rings. The van der Waals surface area contributed by atoms with Gasteiger partial charge in [-0.05, 0) is 18.2 Å². The number of aromatic nitrogens is 2. The Hall–Kier alpha value is -2.11. The van der Waals surface area contributed by atoms with Crippen molar-refractivity contribution >= 4 is 40.7 Å². The van der Waals surface area contributed by atoms with Crippen molar-refractivity contribution in [2.45, 2.75) is 0 Å². The molecule has 0 fully saturated rings. The number of anilines is 2. The highest BCUT2D eigenvalue weighted by Crippen LogP contribution is 2.22. The van der Waals surface area contributed by atoms with E-state index in [9.17, 15) is 4.79 Å². The van der Waals surface area contributed by atoms with Crippen LogP contribution in [0.2, 0.25) is 10.0 Å². The Kier molecular flexibility index (Phi) is 5.14. The molecule has 1 amide bonds. The fraction of sp³-hybridized carbons (Fsp3) is 0.0714. The van der Waals surface area contributed by atoms with Gasteiger partial charge in [0.05, 0.1) is 5.56 Å². The molecule has 108 valence electrons. The summed E-state index contributed by atoms with van der Waals surface area (Å²) in [7, 11) is 0. The molecule has 0 atom stereocenters. The Balaban J connectivity index is 2.07. The molecule has 0 aliphatic heterocycles. The van der Waals surface area contributed by atoms with Gasteiger partial charge in [0, 0.05) is 34.7 Å². The lowest BCUT2D eigenvalue weighted by atomic mass is 10.3. The second-order valence-corrected chi connectivity index (χ2v) is 4.95. The van der Waals surface area contributed by atoms with Crippen LogP contribution in [0.15, 0.2) is 43.2 Å². The van der Waals surface area contributed by atoms with Crippen LogP contribution in [0.5, 0.6) is 0 Å². The molecule has 2 aromatic rings. The topological polar surface area (TPSA) is 66.9 Å². The summed E-state index contributed by atoms with van der Waals surface area (Å²) in [5.41, 5.74) is 0.835. The van der Waals surface area contributed by atoms with E-state index >= 15 is 0 Å². The van der Waals surface area contributed by atoms with Crippen LogP contribution < -0.4 is 10.6 Å². The zero-order chi connectivity index (χ0) is 15.2. The second kappa shape index (κ2) is 7.06. The lowest BCUT2D eigenvalue weighted by Crippen LogP contribution is -2.13. The Morgan fingerprint density at radius 3 is 2.38 bits per heavy atom. The van der Waals surface area contributed by atoms with E-state index in [0.29, 0.717) is 33.8 Å². The summed E-state index contributed by atoms with van der Waals surface area (Å²) >= 11 is 11.7. The lowest BCUT2D eigenvalue weighted by Gasteiger charge is -2.07. The van der Waals surface area contributed by atoms with E-state index < -0.39 is 0 Å². The summed E-state index contributed by atoms with van der Waals surface area (Å²) in [6.45, 7) is 4.13. The van der Waals surface area contributed by atoms with Gasteiger partial charge < -0.3 is 10.6 Å². The molecule has 5 nitrogen and oxygen atoms in total. The summed E-state index contributed by atoms with van der Waals surface area (Å²) in [6, 6.07) is 4.79. The first kappa shape index (κ1) is 15.3. The molecule has 0 saturated carbocycles. The Morgan fingerprint density at radius 1 is 1.19 bits per heavy atom. The van der Waals surface area contributed by atoms with Gasteiger partial charge in [0.15, 0.2) is 0 Å². The van der Waals surface area contributed by atoms with Gasteiger partial charge in [-0.3, -0.25) is 4.79 Å². The van der Waals surface area contributed by atoms with Crippen molar-refractivity contribution in [3.05, 3.63) is 58.9 Å². The van der Waals surface area contributed by atoms with Crippen molar-refractivity contribution < 1.29 is 4.79 Å². The molecule has 0 spiro atoms. The third-order valence-corrected chi connectivity index (χ3v) is 2.88. The number of carbonyl (C=O) groups excluding carboxylic acids is 1. The van der Waals surface area contributed by atoms with E-state index in [1.807, 2.05) is 0 Å². The van der Waals surface area contributed by atoms with E-state index in [0.717, 1.165) is 0 Å². The molecule has 2 N–H and O–H groups in total. The fourth-order valence-electron chi connectivity index (χ4n) is 1.53. The van der Waals surface area contributed by atoms with E-state index in [-0.39, 0.29) is 5.91 Å². The minimum atomic E-state index is -0.344. The van der Waals surface area contributed by atoms with Crippen molar-refractivity contribution in [1.82, 2.24) is 9.97 Å². The SMILES string of the molecule is C=CCNc1ncc(C(=O)Nc2cc(Cl)cc(Cl)c2)cn1. The molecule has 1 heterocycles. The third-order valence-electron chi connectivity index (χ3n) is 2.44. The first-order valence-electron chi connectivity index (χ1n) is 6.03. The Morgan fingerprint density at radius 2 is 1.81 bits per heavy atom. The molecule has 1 aromatic carbocycles. The van der Waals surface area contributed by atoms with Crippen LogP contribution in [-0.2, 0) is 0 Å². The van der Waals surface area contributed by atoms with Crippen LogP contribution in [0.1, 0.15) is 10.4 Å². The van der Waals surface area contributed by atoms with Crippen molar-refractivity contribution in [2.75, 3.05) is 17.2 Å². The van der Waals surface area contributed by atoms with Crippen molar-refractivity contribution in [3.8, 4) is 0 Å². The summed E-state index contributed by atoms with van der Waals surface area (Å²) in [5, 5.41) is 6.48. The van der Waals surface area contributed by atoms with Crippen LogP contribution >= 0.6 is 23.2 Å². The maximum Gasteiger partial charge on any atom is 0.258 e. The molecule has 1 aromatic heterocycles. The van der Waals surface area contributed by atoms with Gasteiger partial charge in [-0.15, -0.1) is 6.58 Å². The number of hydrogen-bond donors (Lipinski definition) is 2. The molecule has 7 heteroatoms. The Labute approximate surface area is 132 Å². The zero-order valence-corrected chi connectivity index (χ0v) is 12.4. The number of nitrogens with one attached hydrogen (secondary N) is 2. The predicted octanol–water partition coefficient (Wildman–Crippen LogP) is 3.63. The highest BCUT2D eigenvalue weighted by Gasteiger charge is 2.08. The van der Waals surface area contributed by atoms with Crippen LogP contribution in [-0.4, -0.2) is 22.4 Å². The van der Waals surface area contributed by atoms with E-state index in [4.69, 9.17) is 23.2 Å². The molecule has 21 heavy (non-hydrogen) atoms. The first-order chi connectivity index (χ1) is 10.1. The number of halogens is 2. The van der Waals surface area contributed by atoms with Crippen LogP contribution in [0, 0.1) is 0 Å². The molecule has 0 radical (unpaired) electrons. The van der Waals surface area contributed by atoms with Gasteiger partial charge >= 0.3 is 0 Å². The molecular formula is C14H12Cl2N4O. The predicted molar refractivity (Wildman–Crippen MR) is 85.1 cm³/mol. The third kappa shape index (κ3) is 4.44. The van der Waals surface area contributed by atoms with E-state index in [2.05, 4.69) is 27.2 Å². The minimum Gasteiger partial charge on any atom is -0.351 e. The minimum absolute atomic E-state index is 0.329. The van der Waals surface area contributed by atoms with Crippen LogP contribution in [0.3, 0.4) is 0 Å². The average molecular weight is 323 g/mol. The number of amides is 1. The summed E-state index contributed by atoms with van der Waals surface area (Å²) in [5.74, 6) is 0.0841. The number of carbonyl (C=O) groups is 1. The summed E-state index contributed by atoms with van der Waals surface area (Å²) in [4.78, 5) is 20.1.